The molecule has 1 saturated carbocycles. The van der Waals surface area contributed by atoms with Crippen LogP contribution in [0.5, 0.6) is 0 Å². The Kier molecular flexibility index (Phi) is 4.81. The molecule has 0 saturated heterocycles. The zero-order valence-electron chi connectivity index (χ0n) is 17.0. The number of carbonyl (C=O) groups excluding carboxylic acids is 3. The third-order valence-corrected chi connectivity index (χ3v) is 7.33. The maximum atomic E-state index is 13.1. The Morgan fingerprint density at radius 2 is 2.10 bits per heavy atom. The summed E-state index contributed by atoms with van der Waals surface area (Å²) >= 11 is 1.52. The third-order valence-electron chi connectivity index (χ3n) is 6.09. The van der Waals surface area contributed by atoms with Crippen molar-refractivity contribution in [3.8, 4) is 0 Å². The average molecular weight is 425 g/mol. The van der Waals surface area contributed by atoms with E-state index >= 15 is 0 Å². The van der Waals surface area contributed by atoms with Crippen LogP contribution in [-0.4, -0.2) is 59.2 Å². The number of anilines is 1. The quantitative estimate of drug-likeness (QED) is 0.754. The number of nitrogens with zero attached hydrogens (tertiary/aromatic N) is 4. The lowest BCUT2D eigenvalue weighted by atomic mass is 10.0. The van der Waals surface area contributed by atoms with Crippen LogP contribution in [0.25, 0.3) is 0 Å². The van der Waals surface area contributed by atoms with Gasteiger partial charge in [-0.25, -0.2) is 0 Å². The van der Waals surface area contributed by atoms with Gasteiger partial charge < -0.3 is 14.7 Å². The highest BCUT2D eigenvalue weighted by atomic mass is 32.1. The summed E-state index contributed by atoms with van der Waals surface area (Å²) in [6.07, 6.45) is 6.67. The van der Waals surface area contributed by atoms with Crippen molar-refractivity contribution in [2.45, 2.75) is 32.2 Å². The van der Waals surface area contributed by atoms with Crippen molar-refractivity contribution in [1.29, 1.82) is 0 Å². The Morgan fingerprint density at radius 1 is 1.27 bits per heavy atom. The molecule has 0 aromatic carbocycles. The zero-order valence-corrected chi connectivity index (χ0v) is 17.8. The first-order valence-corrected chi connectivity index (χ1v) is 11.2. The number of fused-ring (bicyclic) bond motifs is 3. The van der Waals surface area contributed by atoms with Crippen LogP contribution in [0, 0.1) is 5.92 Å². The topological polar surface area (TPSA) is 73.8 Å². The van der Waals surface area contributed by atoms with Crippen LogP contribution in [0.1, 0.15) is 39.2 Å². The molecule has 2 aliphatic heterocycles. The Morgan fingerprint density at radius 3 is 2.83 bits per heavy atom. The van der Waals surface area contributed by atoms with Crippen molar-refractivity contribution >= 4 is 34.1 Å². The van der Waals surface area contributed by atoms with Gasteiger partial charge in [0.2, 0.25) is 11.8 Å². The van der Waals surface area contributed by atoms with E-state index in [-0.39, 0.29) is 24.3 Å². The van der Waals surface area contributed by atoms with Crippen molar-refractivity contribution in [3.63, 3.8) is 0 Å². The van der Waals surface area contributed by atoms with Gasteiger partial charge in [-0.3, -0.25) is 19.4 Å². The molecule has 3 amide bonds. The highest BCUT2D eigenvalue weighted by Gasteiger charge is 2.39. The Bertz CT molecular complexity index is 1010. The van der Waals surface area contributed by atoms with Gasteiger partial charge in [0.05, 0.1) is 18.5 Å². The van der Waals surface area contributed by atoms with Gasteiger partial charge in [0.1, 0.15) is 11.5 Å². The van der Waals surface area contributed by atoms with E-state index in [4.69, 9.17) is 0 Å². The predicted octanol–water partition coefficient (Wildman–Crippen LogP) is 2.10. The Balaban J connectivity index is 1.43. The zero-order chi connectivity index (χ0) is 20.8. The van der Waals surface area contributed by atoms with Crippen molar-refractivity contribution in [2.24, 2.45) is 5.92 Å². The Labute approximate surface area is 179 Å². The molecule has 0 N–H and O–H groups in total. The SMILES string of the molecule is CN1CC(=O)N(CC2CC2)c2sc3c(c2C1=O)CCN(C(=O)Cc1cccnc1)C3. The maximum absolute atomic E-state index is 13.1. The minimum atomic E-state index is -0.0794. The fraction of sp³-hybridized carbons (Fsp3) is 0.455. The third kappa shape index (κ3) is 3.49. The molecule has 30 heavy (non-hydrogen) atoms. The molecule has 0 bridgehead atoms. The van der Waals surface area contributed by atoms with Crippen LogP contribution in [0.3, 0.4) is 0 Å². The largest absolute Gasteiger partial charge is 0.337 e. The van der Waals surface area contributed by atoms with Gasteiger partial charge in [-0.1, -0.05) is 6.07 Å². The van der Waals surface area contributed by atoms with Gasteiger partial charge in [-0.05, 0) is 42.4 Å². The highest BCUT2D eigenvalue weighted by molar-refractivity contribution is 7.17. The number of pyridine rings is 1. The molecule has 4 heterocycles. The molecule has 0 unspecified atom stereocenters. The van der Waals surface area contributed by atoms with Crippen molar-refractivity contribution in [1.82, 2.24) is 14.8 Å². The normalized spacial score (nSPS) is 18.9. The van der Waals surface area contributed by atoms with E-state index in [1.165, 1.54) is 16.2 Å². The van der Waals surface area contributed by atoms with E-state index in [0.29, 0.717) is 44.0 Å². The number of thiophene rings is 1. The monoisotopic (exact) mass is 424 g/mol. The molecule has 2 aromatic heterocycles. The average Bonchev–Trinajstić information content (AvgIpc) is 3.50. The van der Waals surface area contributed by atoms with Crippen molar-refractivity contribution in [3.05, 3.63) is 46.1 Å². The molecule has 8 heteroatoms. The number of aromatic nitrogens is 1. The van der Waals surface area contributed by atoms with Crippen molar-refractivity contribution in [2.75, 3.05) is 31.6 Å². The summed E-state index contributed by atoms with van der Waals surface area (Å²) in [5, 5.41) is 0.785. The number of hydrogen-bond donors (Lipinski definition) is 0. The summed E-state index contributed by atoms with van der Waals surface area (Å²) in [6.45, 7) is 1.89. The molecule has 0 spiro atoms. The Hall–Kier alpha value is -2.74. The van der Waals surface area contributed by atoms with E-state index in [2.05, 4.69) is 4.98 Å². The number of hydrogen-bond acceptors (Lipinski definition) is 5. The second-order valence-electron chi connectivity index (χ2n) is 8.40. The molecular weight excluding hydrogens is 400 g/mol. The van der Waals surface area contributed by atoms with E-state index < -0.39 is 0 Å². The molecule has 2 aromatic rings. The summed E-state index contributed by atoms with van der Waals surface area (Å²) in [6, 6.07) is 3.74. The standard InChI is InChI=1S/C22H24N4O3S/c1-24-13-19(28)26(11-14-4-5-14)22-20(21(24)29)16-6-8-25(12-17(16)30-22)18(27)9-15-3-2-7-23-10-15/h2-3,7,10,14H,4-6,8-9,11-13H2,1H3. The van der Waals surface area contributed by atoms with Crippen LogP contribution in [-0.2, 0) is 29.0 Å². The van der Waals surface area contributed by atoms with E-state index in [0.717, 1.165) is 33.8 Å². The van der Waals surface area contributed by atoms with E-state index in [1.807, 2.05) is 21.9 Å². The number of rotatable bonds is 4. The highest BCUT2D eigenvalue weighted by Crippen LogP contribution is 2.43. The van der Waals surface area contributed by atoms with Gasteiger partial charge in [-0.15, -0.1) is 11.3 Å². The molecule has 156 valence electrons. The molecule has 0 atom stereocenters. The number of carbonyl (C=O) groups is 3. The lowest BCUT2D eigenvalue weighted by molar-refractivity contribution is -0.131. The molecule has 7 nitrogen and oxygen atoms in total. The molecule has 0 radical (unpaired) electrons. The lowest BCUT2D eigenvalue weighted by Gasteiger charge is -2.27. The van der Waals surface area contributed by atoms with Crippen LogP contribution in [0.2, 0.25) is 0 Å². The summed E-state index contributed by atoms with van der Waals surface area (Å²) in [5.41, 5.74) is 2.60. The summed E-state index contributed by atoms with van der Waals surface area (Å²) in [4.78, 5) is 49.1. The van der Waals surface area contributed by atoms with Gasteiger partial charge in [-0.2, -0.15) is 0 Å². The fourth-order valence-electron chi connectivity index (χ4n) is 4.21. The molecule has 5 rings (SSSR count). The van der Waals surface area contributed by atoms with Gasteiger partial charge in [0, 0.05) is 37.4 Å². The van der Waals surface area contributed by atoms with Gasteiger partial charge in [0.25, 0.3) is 5.91 Å². The number of likely N-dealkylation sites (N-methyl/N-ethyl adjacent to an activating group) is 1. The first-order chi connectivity index (χ1) is 14.5. The lowest BCUT2D eigenvalue weighted by Crippen LogP contribution is -2.39. The minimum absolute atomic E-state index is 0.0143. The second-order valence-corrected chi connectivity index (χ2v) is 9.48. The first-order valence-electron chi connectivity index (χ1n) is 10.4. The van der Waals surface area contributed by atoms with Crippen LogP contribution in [0.15, 0.2) is 24.5 Å². The first kappa shape index (κ1) is 19.2. The number of amides is 3. The van der Waals surface area contributed by atoms with E-state index in [9.17, 15) is 14.4 Å². The summed E-state index contributed by atoms with van der Waals surface area (Å²) in [5.74, 6) is 0.507. The van der Waals surface area contributed by atoms with E-state index in [1.54, 1.807) is 19.4 Å². The fourth-order valence-corrected chi connectivity index (χ4v) is 5.59. The second kappa shape index (κ2) is 7.50. The summed E-state index contributed by atoms with van der Waals surface area (Å²) < 4.78 is 0. The molecule has 1 aliphatic carbocycles. The van der Waals surface area contributed by atoms with Crippen LogP contribution >= 0.6 is 11.3 Å². The summed E-state index contributed by atoms with van der Waals surface area (Å²) in [7, 11) is 1.70. The smallest absolute Gasteiger partial charge is 0.257 e. The molecule has 3 aliphatic rings. The van der Waals surface area contributed by atoms with Crippen LogP contribution in [0.4, 0.5) is 5.00 Å². The van der Waals surface area contributed by atoms with Gasteiger partial charge >= 0.3 is 0 Å². The maximum Gasteiger partial charge on any atom is 0.257 e. The van der Waals surface area contributed by atoms with Crippen molar-refractivity contribution < 1.29 is 14.4 Å². The van der Waals surface area contributed by atoms with Crippen LogP contribution < -0.4 is 4.90 Å². The molecule has 1 fully saturated rings. The predicted molar refractivity (Wildman–Crippen MR) is 113 cm³/mol. The molecular formula is C22H24N4O3S. The van der Waals surface area contributed by atoms with Gasteiger partial charge in [0.15, 0.2) is 0 Å². The minimum Gasteiger partial charge on any atom is -0.337 e.